The van der Waals surface area contributed by atoms with Crippen molar-refractivity contribution >= 4 is 40.7 Å². The van der Waals surface area contributed by atoms with E-state index in [0.717, 1.165) is 16.2 Å². The number of hydrogen-bond donors (Lipinski definition) is 3. The van der Waals surface area contributed by atoms with Crippen LogP contribution in [0, 0.1) is 11.3 Å². The number of aromatic amines is 1. The first kappa shape index (κ1) is 52.5. The van der Waals surface area contributed by atoms with E-state index in [-0.39, 0.29) is 43.3 Å². The minimum Gasteiger partial charge on any atom is -0.508 e. The fraction of sp³-hybridized carbons (Fsp3) is 0.320. The Morgan fingerprint density at radius 3 is 2.22 bits per heavy atom. The number of phenols is 1. The van der Waals surface area contributed by atoms with Crippen molar-refractivity contribution in [2.24, 2.45) is 0 Å². The minimum atomic E-state index is -4.53. The smallest absolute Gasteiger partial charge is 0.508 e. The van der Waals surface area contributed by atoms with E-state index in [1.165, 1.54) is 57.9 Å². The molecule has 3 aromatic heterocycles. The van der Waals surface area contributed by atoms with Gasteiger partial charge in [-0.2, -0.15) is 14.7 Å². The van der Waals surface area contributed by atoms with Gasteiger partial charge in [-0.1, -0.05) is 81.4 Å². The molecule has 74 heavy (non-hydrogen) atoms. The second-order valence-corrected chi connectivity index (χ2v) is 20.9. The Morgan fingerprint density at radius 1 is 0.865 bits per heavy atom. The number of hydrogen-bond acceptors (Lipinski definition) is 20. The van der Waals surface area contributed by atoms with Gasteiger partial charge in [-0.25, -0.2) is 14.3 Å². The molecule has 21 nitrogen and oxygen atoms in total. The Labute approximate surface area is 430 Å². The van der Waals surface area contributed by atoms with Gasteiger partial charge in [-0.15, -0.1) is 14.1 Å². The van der Waals surface area contributed by atoms with E-state index in [1.54, 1.807) is 26.4 Å². The van der Waals surface area contributed by atoms with E-state index in [1.807, 2.05) is 84.9 Å². The topological polar surface area (TPSA) is 263 Å². The van der Waals surface area contributed by atoms with Gasteiger partial charge in [0.25, 0.3) is 5.56 Å². The second kappa shape index (κ2) is 23.4. The number of nitrogens with zero attached hydrogens (tertiary/aromatic N) is 5. The summed E-state index contributed by atoms with van der Waals surface area (Å²) >= 11 is 0. The third-order valence-electron chi connectivity index (χ3n) is 12.2. The van der Waals surface area contributed by atoms with Crippen LogP contribution in [0.25, 0.3) is 16.7 Å². The normalized spacial score (nSPS) is 20.7. The van der Waals surface area contributed by atoms with Crippen molar-refractivity contribution in [3.05, 3.63) is 175 Å². The van der Waals surface area contributed by atoms with Gasteiger partial charge >= 0.3 is 19.5 Å². The van der Waals surface area contributed by atoms with Gasteiger partial charge in [0.2, 0.25) is 0 Å². The number of methoxy groups -OCH3 is 3. The predicted molar refractivity (Wildman–Crippen MR) is 272 cm³/mol. The molecule has 24 heteroatoms. The molecule has 1 unspecified atom stereocenters. The first-order valence-corrected chi connectivity index (χ1v) is 27.0. The van der Waals surface area contributed by atoms with Gasteiger partial charge in [-0.3, -0.25) is 14.3 Å². The number of fused-ring (bicyclic) bond motifs is 1. The van der Waals surface area contributed by atoms with Crippen LogP contribution < -0.4 is 26.3 Å². The summed E-state index contributed by atoms with van der Waals surface area (Å²) in [6.07, 6.45) is -3.84. The molecule has 386 valence electrons. The molecule has 2 aliphatic rings. The summed E-state index contributed by atoms with van der Waals surface area (Å²) in [7, 11) is 2.98. The first-order chi connectivity index (χ1) is 35.9. The van der Waals surface area contributed by atoms with Crippen LogP contribution in [0.2, 0.25) is 0 Å². The highest BCUT2D eigenvalue weighted by atomic mass is 33.1. The summed E-state index contributed by atoms with van der Waals surface area (Å²) < 4.78 is 64.4. The molecule has 7 aromatic rings. The lowest BCUT2D eigenvalue weighted by molar-refractivity contribution is -0.0998. The Bertz CT molecular complexity index is 3200. The van der Waals surface area contributed by atoms with Gasteiger partial charge < -0.3 is 37.9 Å². The molecule has 2 saturated heterocycles. The van der Waals surface area contributed by atoms with Crippen molar-refractivity contribution in [2.45, 2.75) is 55.4 Å². The molecule has 7 atom stereocenters. The molecule has 9 rings (SSSR count). The molecule has 0 amide bonds. The quantitative estimate of drug-likeness (QED) is 0.0237. The van der Waals surface area contributed by atoms with E-state index in [2.05, 4.69) is 15.3 Å². The molecule has 0 saturated carbocycles. The number of nitriles is 1. The number of rotatable bonds is 21. The Morgan fingerprint density at radius 2 is 1.55 bits per heavy atom. The van der Waals surface area contributed by atoms with Crippen molar-refractivity contribution in [3.8, 4) is 29.0 Å². The highest BCUT2D eigenvalue weighted by Gasteiger charge is 2.59. The summed E-state index contributed by atoms with van der Waals surface area (Å²) in [5.74, 6) is 1.86. The molecule has 2 aliphatic heterocycles. The fourth-order valence-corrected chi connectivity index (χ4v) is 12.7. The Hall–Kier alpha value is -6.39. The summed E-state index contributed by atoms with van der Waals surface area (Å²) in [5.41, 5.74) is -0.699. The van der Waals surface area contributed by atoms with E-state index in [0.29, 0.717) is 45.2 Å². The maximum absolute atomic E-state index is 13.5. The summed E-state index contributed by atoms with van der Waals surface area (Å²) in [5, 5.41) is 28.3. The minimum absolute atomic E-state index is 0.0520. The van der Waals surface area contributed by atoms with Gasteiger partial charge in [-0.05, 0) is 59.2 Å². The van der Waals surface area contributed by atoms with Crippen LogP contribution in [0.4, 0.5) is 0 Å². The molecule has 4 aromatic carbocycles. The number of benzene rings is 4. The molecule has 3 N–H and O–H groups in total. The number of nitrogens with one attached hydrogen (secondary N) is 1. The summed E-state index contributed by atoms with van der Waals surface area (Å²) in [4.78, 5) is 53.5. The van der Waals surface area contributed by atoms with Crippen LogP contribution in [0.3, 0.4) is 0 Å². The van der Waals surface area contributed by atoms with E-state index < -0.39 is 67.4 Å². The van der Waals surface area contributed by atoms with Crippen LogP contribution in [0.15, 0.2) is 140 Å². The zero-order chi connectivity index (χ0) is 51.8. The lowest BCUT2D eigenvalue weighted by Crippen LogP contribution is -2.43. The fourth-order valence-electron chi connectivity index (χ4n) is 8.59. The second-order valence-electron chi connectivity index (χ2n) is 16.7. The standard InChI is InChI=1S/C50H49N6O15PS2/c1-62-37-16-11-33(12-17-37)50(32-8-5-4-6-9-32,34-13-18-38(63-2)19-14-34)66-28-41-45(46(64-3)47(68-41)55-22-20-44(58)52-49(55)60)71-72(61,67-23-7-21-51)70-43-30-74-73-29-42(43)65-27-35-26-56(54-53-35)39-24-31-10-15-36(57)25-40(31)69-48(39)59/h4-6,8-20,22,24-26,41-43,45-47,61H,7,23,27-30H2,1-3H3,(H-,52,57,58,59,60)/p+1/t41-,42-,43-,45-,46-,47-,72?/m1/s1. The van der Waals surface area contributed by atoms with E-state index >= 15 is 0 Å². The van der Waals surface area contributed by atoms with Gasteiger partial charge in [0, 0.05) is 42.3 Å². The third kappa shape index (κ3) is 11.5. The van der Waals surface area contributed by atoms with Crippen molar-refractivity contribution in [1.29, 1.82) is 5.26 Å². The number of phenolic OH excluding ortho intramolecular Hbond substituents is 1. The first-order valence-electron chi connectivity index (χ1n) is 23.0. The zero-order valence-electron chi connectivity index (χ0n) is 40.0. The van der Waals surface area contributed by atoms with Gasteiger partial charge in [0.05, 0.1) is 52.2 Å². The van der Waals surface area contributed by atoms with Crippen LogP contribution in [0.5, 0.6) is 17.2 Å². The number of ether oxygens (including phenoxy) is 6. The molecule has 5 heterocycles. The van der Waals surface area contributed by atoms with E-state index in [9.17, 15) is 29.6 Å². The Kier molecular flexibility index (Phi) is 16.6. The maximum Gasteiger partial charge on any atom is 0.573 e. The van der Waals surface area contributed by atoms with E-state index in [4.69, 9.17) is 46.4 Å². The molecule has 0 radical (unpaired) electrons. The van der Waals surface area contributed by atoms with Crippen molar-refractivity contribution < 1.29 is 56.4 Å². The van der Waals surface area contributed by atoms with Crippen LogP contribution >= 0.6 is 29.8 Å². The maximum atomic E-state index is 13.5. The molecule has 0 aliphatic carbocycles. The zero-order valence-corrected chi connectivity index (χ0v) is 42.5. The molecular formula is C50H50N6O15PS2+. The van der Waals surface area contributed by atoms with Gasteiger partial charge in [0.1, 0.15) is 59.0 Å². The SMILES string of the molecule is COc1ccc(C(OC[C@H]2O[C@@H](n3ccc(=O)[nH]c3=O)[C@H](OC)[C@@H]2O[P+](O)(OCCC#N)O[C@@H]2CSSC[C@H]2OCc2cn(-c3cc4ccc(O)cc4oc3=O)nn2)(c2ccccc2)c2ccc(OC)cc2)cc1. The molecule has 0 bridgehead atoms. The number of aromatic nitrogens is 5. The predicted octanol–water partition coefficient (Wildman–Crippen LogP) is 6.22. The van der Waals surface area contributed by atoms with Crippen molar-refractivity contribution in [3.63, 3.8) is 0 Å². The monoisotopic (exact) mass is 1070 g/mol. The lowest BCUT2D eigenvalue weighted by atomic mass is 9.80. The average molecular weight is 1070 g/mol. The third-order valence-corrected chi connectivity index (χ3v) is 16.2. The number of aromatic hydroxyl groups is 1. The summed E-state index contributed by atoms with van der Waals surface area (Å²) in [6.45, 7) is -0.662. The highest BCUT2D eigenvalue weighted by Crippen LogP contribution is 2.63. The average Bonchev–Trinajstić information content (AvgIpc) is 4.03. The lowest BCUT2D eigenvalue weighted by Gasteiger charge is -2.37. The largest absolute Gasteiger partial charge is 0.573 e. The van der Waals surface area contributed by atoms with Crippen LogP contribution in [0.1, 0.15) is 35.0 Å². The number of H-pyrrole nitrogens is 1. The molecule has 2 fully saturated rings. The van der Waals surface area contributed by atoms with Gasteiger partial charge in [0.15, 0.2) is 18.0 Å². The summed E-state index contributed by atoms with van der Waals surface area (Å²) in [6, 6.07) is 33.5. The molecule has 0 spiro atoms. The highest BCUT2D eigenvalue weighted by molar-refractivity contribution is 8.76. The van der Waals surface area contributed by atoms with Crippen molar-refractivity contribution in [1.82, 2.24) is 24.5 Å². The van der Waals surface area contributed by atoms with Crippen LogP contribution in [-0.2, 0) is 44.7 Å². The Balaban J connectivity index is 1.03. The van der Waals surface area contributed by atoms with Crippen LogP contribution in [-0.4, -0.2) is 111 Å². The van der Waals surface area contributed by atoms with Crippen molar-refractivity contribution in [2.75, 3.05) is 46.0 Å². The molecular weight excluding hydrogens is 1020 g/mol.